The van der Waals surface area contributed by atoms with Crippen LogP contribution in [0.15, 0.2) is 48.5 Å². The first-order valence-electron chi connectivity index (χ1n) is 9.06. The van der Waals surface area contributed by atoms with Crippen LogP contribution in [0.3, 0.4) is 0 Å². The summed E-state index contributed by atoms with van der Waals surface area (Å²) in [7, 11) is 3.17. The zero-order chi connectivity index (χ0) is 19.5. The summed E-state index contributed by atoms with van der Waals surface area (Å²) >= 11 is 6.21. The Labute approximate surface area is 168 Å². The number of nitrogens with zero attached hydrogens (tertiary/aromatic N) is 2. The van der Waals surface area contributed by atoms with Crippen molar-refractivity contribution in [2.45, 2.75) is 18.9 Å². The van der Waals surface area contributed by atoms with E-state index < -0.39 is 0 Å². The van der Waals surface area contributed by atoms with Crippen molar-refractivity contribution in [2.24, 2.45) is 0 Å². The van der Waals surface area contributed by atoms with E-state index in [9.17, 15) is 0 Å². The molecule has 1 heterocycles. The first-order chi connectivity index (χ1) is 13.7. The van der Waals surface area contributed by atoms with Gasteiger partial charge in [0.2, 0.25) is 5.95 Å². The summed E-state index contributed by atoms with van der Waals surface area (Å²) in [6.45, 7) is 0. The Balaban J connectivity index is 1.72. The van der Waals surface area contributed by atoms with Gasteiger partial charge in [-0.1, -0.05) is 41.9 Å². The summed E-state index contributed by atoms with van der Waals surface area (Å²) in [5.41, 5.74) is 2.56. The Morgan fingerprint density at radius 1 is 0.964 bits per heavy atom. The number of aromatic nitrogens is 2. The molecule has 1 aliphatic carbocycles. The lowest BCUT2D eigenvalue weighted by Gasteiger charge is -2.15. The fraction of sp³-hybridized carbons (Fsp3) is 0.238. The van der Waals surface area contributed by atoms with Gasteiger partial charge in [-0.15, -0.1) is 0 Å². The third-order valence-electron chi connectivity index (χ3n) is 4.44. The van der Waals surface area contributed by atoms with Crippen LogP contribution in [0.25, 0.3) is 11.3 Å². The molecule has 144 valence electrons. The van der Waals surface area contributed by atoms with E-state index >= 15 is 0 Å². The molecule has 0 spiro atoms. The zero-order valence-corrected chi connectivity index (χ0v) is 16.5. The lowest BCUT2D eigenvalue weighted by molar-refractivity contribution is 0.405. The average molecular weight is 397 g/mol. The van der Waals surface area contributed by atoms with Crippen LogP contribution in [0.4, 0.5) is 17.5 Å². The molecule has 4 rings (SSSR count). The van der Waals surface area contributed by atoms with Crippen LogP contribution in [-0.2, 0) is 0 Å². The molecule has 1 saturated carbocycles. The average Bonchev–Trinajstić information content (AvgIpc) is 3.53. The second-order valence-corrected chi connectivity index (χ2v) is 6.97. The molecule has 0 unspecified atom stereocenters. The maximum Gasteiger partial charge on any atom is 0.225 e. The molecule has 1 aromatic heterocycles. The molecular weight excluding hydrogens is 376 g/mol. The van der Waals surface area contributed by atoms with Crippen LogP contribution in [-0.4, -0.2) is 30.2 Å². The van der Waals surface area contributed by atoms with E-state index in [0.717, 1.165) is 24.1 Å². The highest BCUT2D eigenvalue weighted by Gasteiger charge is 2.22. The summed E-state index contributed by atoms with van der Waals surface area (Å²) in [5, 5.41) is 7.17. The first kappa shape index (κ1) is 18.4. The molecule has 0 saturated heterocycles. The molecule has 0 atom stereocenters. The van der Waals surface area contributed by atoms with Gasteiger partial charge in [-0.3, -0.25) is 0 Å². The third-order valence-corrected chi connectivity index (χ3v) is 4.74. The van der Waals surface area contributed by atoms with E-state index in [0.29, 0.717) is 40.0 Å². The highest BCUT2D eigenvalue weighted by Crippen LogP contribution is 2.37. The van der Waals surface area contributed by atoms with Crippen molar-refractivity contribution in [2.75, 3.05) is 24.9 Å². The Morgan fingerprint density at radius 3 is 2.39 bits per heavy atom. The van der Waals surface area contributed by atoms with Crippen molar-refractivity contribution < 1.29 is 9.47 Å². The van der Waals surface area contributed by atoms with Gasteiger partial charge in [0.05, 0.1) is 30.6 Å². The Morgan fingerprint density at radius 2 is 1.71 bits per heavy atom. The number of hydrogen-bond acceptors (Lipinski definition) is 6. The number of nitrogens with one attached hydrogen (secondary N) is 2. The van der Waals surface area contributed by atoms with E-state index in [-0.39, 0.29) is 0 Å². The maximum atomic E-state index is 6.21. The molecule has 1 fully saturated rings. The lowest BCUT2D eigenvalue weighted by atomic mass is 10.1. The van der Waals surface area contributed by atoms with E-state index in [1.165, 1.54) is 0 Å². The Hall–Kier alpha value is -2.99. The first-order valence-corrected chi connectivity index (χ1v) is 9.43. The van der Waals surface area contributed by atoms with Crippen LogP contribution >= 0.6 is 11.6 Å². The highest BCUT2D eigenvalue weighted by atomic mass is 35.5. The number of methoxy groups -OCH3 is 2. The number of anilines is 3. The Bertz CT molecular complexity index is 978. The van der Waals surface area contributed by atoms with Gasteiger partial charge in [-0.25, -0.2) is 4.98 Å². The number of hydrogen-bond donors (Lipinski definition) is 2. The largest absolute Gasteiger partial charge is 0.495 e. The molecule has 0 aliphatic heterocycles. The normalized spacial score (nSPS) is 13.1. The number of benzene rings is 2. The zero-order valence-electron chi connectivity index (χ0n) is 15.7. The van der Waals surface area contributed by atoms with Crippen molar-refractivity contribution in [1.82, 2.24) is 9.97 Å². The van der Waals surface area contributed by atoms with Gasteiger partial charge in [0.25, 0.3) is 0 Å². The molecule has 28 heavy (non-hydrogen) atoms. The summed E-state index contributed by atoms with van der Waals surface area (Å²) in [4.78, 5) is 9.30. The van der Waals surface area contributed by atoms with E-state index in [1.807, 2.05) is 36.4 Å². The molecule has 0 radical (unpaired) electrons. The quantitative estimate of drug-likeness (QED) is 0.576. The van der Waals surface area contributed by atoms with Crippen molar-refractivity contribution in [3.05, 3.63) is 53.6 Å². The van der Waals surface area contributed by atoms with Gasteiger partial charge in [0.15, 0.2) is 0 Å². The molecular formula is C21H21ClN4O2. The molecule has 2 aromatic carbocycles. The molecule has 6 nitrogen and oxygen atoms in total. The minimum atomic E-state index is 0.448. The molecule has 0 bridgehead atoms. The van der Waals surface area contributed by atoms with E-state index in [1.54, 1.807) is 26.4 Å². The van der Waals surface area contributed by atoms with Crippen molar-refractivity contribution >= 4 is 29.1 Å². The van der Waals surface area contributed by atoms with Gasteiger partial charge in [0, 0.05) is 29.8 Å². The van der Waals surface area contributed by atoms with Crippen molar-refractivity contribution in [3.63, 3.8) is 0 Å². The van der Waals surface area contributed by atoms with Crippen LogP contribution in [0.1, 0.15) is 12.8 Å². The molecule has 0 amide bonds. The minimum absolute atomic E-state index is 0.448. The lowest BCUT2D eigenvalue weighted by Crippen LogP contribution is -2.08. The maximum absolute atomic E-state index is 6.21. The van der Waals surface area contributed by atoms with Gasteiger partial charge in [-0.05, 0) is 12.8 Å². The summed E-state index contributed by atoms with van der Waals surface area (Å²) in [6, 6.07) is 15.9. The van der Waals surface area contributed by atoms with Crippen LogP contribution in [0.2, 0.25) is 5.02 Å². The number of halogens is 1. The van der Waals surface area contributed by atoms with Gasteiger partial charge in [-0.2, -0.15) is 4.98 Å². The van der Waals surface area contributed by atoms with Crippen LogP contribution in [0.5, 0.6) is 11.5 Å². The topological polar surface area (TPSA) is 68.3 Å². The van der Waals surface area contributed by atoms with Gasteiger partial charge < -0.3 is 20.1 Å². The fourth-order valence-corrected chi connectivity index (χ4v) is 3.07. The molecule has 3 aromatic rings. The fourth-order valence-electron chi connectivity index (χ4n) is 2.84. The molecule has 7 heteroatoms. The summed E-state index contributed by atoms with van der Waals surface area (Å²) in [5.74, 6) is 2.41. The second-order valence-electron chi connectivity index (χ2n) is 6.56. The molecule has 1 aliphatic rings. The van der Waals surface area contributed by atoms with Crippen molar-refractivity contribution in [3.8, 4) is 22.8 Å². The summed E-state index contributed by atoms with van der Waals surface area (Å²) in [6.07, 6.45) is 2.29. The second kappa shape index (κ2) is 7.94. The van der Waals surface area contributed by atoms with Crippen molar-refractivity contribution in [1.29, 1.82) is 0 Å². The predicted molar refractivity (Wildman–Crippen MR) is 112 cm³/mol. The number of rotatable bonds is 7. The van der Waals surface area contributed by atoms with Gasteiger partial charge in [0.1, 0.15) is 17.3 Å². The molecule has 2 N–H and O–H groups in total. The SMILES string of the molecule is COc1cc(Nc2cc(-c3ccccc3)nc(NC3CC3)n2)c(OC)cc1Cl. The third kappa shape index (κ3) is 4.12. The van der Waals surface area contributed by atoms with Crippen LogP contribution in [0, 0.1) is 0 Å². The van der Waals surface area contributed by atoms with E-state index in [2.05, 4.69) is 20.6 Å². The standard InChI is InChI=1S/C21H21ClN4O2/c1-27-18-11-17(19(28-2)10-15(18)22)24-20-12-16(13-6-4-3-5-7-13)25-21(26-20)23-14-8-9-14/h3-7,10-12,14H,8-9H2,1-2H3,(H2,23,24,25,26). The minimum Gasteiger partial charge on any atom is -0.495 e. The predicted octanol–water partition coefficient (Wildman–Crippen LogP) is 5.13. The monoisotopic (exact) mass is 396 g/mol. The Kier molecular flexibility index (Phi) is 5.21. The van der Waals surface area contributed by atoms with Crippen LogP contribution < -0.4 is 20.1 Å². The smallest absolute Gasteiger partial charge is 0.225 e. The number of ether oxygens (including phenoxy) is 2. The highest BCUT2D eigenvalue weighted by molar-refractivity contribution is 6.32. The van der Waals surface area contributed by atoms with E-state index in [4.69, 9.17) is 21.1 Å². The van der Waals surface area contributed by atoms with Gasteiger partial charge >= 0.3 is 0 Å². The summed E-state index contributed by atoms with van der Waals surface area (Å²) < 4.78 is 10.8.